The molecule has 3 aliphatic carbocycles. The number of aryl methyl sites for hydroxylation is 1. The average Bonchev–Trinajstić information content (AvgIpc) is 3.21. The molecule has 4 heteroatoms. The molecule has 3 saturated carbocycles. The summed E-state index contributed by atoms with van der Waals surface area (Å²) in [6.45, 7) is 2.09. The van der Waals surface area contributed by atoms with Crippen LogP contribution in [0.2, 0.25) is 0 Å². The molecule has 1 aromatic rings. The fourth-order valence-corrected chi connectivity index (χ4v) is 5.39. The van der Waals surface area contributed by atoms with Gasteiger partial charge in [-0.3, -0.25) is 9.59 Å². The normalized spacial score (nSPS) is 32.9. The molecule has 1 spiro atoms. The molecule has 1 amide bonds. The maximum absolute atomic E-state index is 12.8. The van der Waals surface area contributed by atoms with E-state index >= 15 is 0 Å². The van der Waals surface area contributed by atoms with E-state index in [1.165, 1.54) is 5.56 Å². The van der Waals surface area contributed by atoms with Gasteiger partial charge in [0.15, 0.2) is 0 Å². The minimum atomic E-state index is -0.787. The highest BCUT2D eigenvalue weighted by molar-refractivity contribution is 5.96. The zero-order valence-electron chi connectivity index (χ0n) is 13.4. The molecule has 23 heavy (non-hydrogen) atoms. The van der Waals surface area contributed by atoms with Crippen LogP contribution in [0.1, 0.15) is 38.2 Å². The van der Waals surface area contributed by atoms with Gasteiger partial charge >= 0.3 is 5.97 Å². The number of hydrogen-bond donors (Lipinski definition) is 2. The predicted molar refractivity (Wildman–Crippen MR) is 86.9 cm³/mol. The molecule has 4 rings (SSSR count). The Morgan fingerprint density at radius 2 is 1.74 bits per heavy atom. The lowest BCUT2D eigenvalue weighted by molar-refractivity contribution is -0.148. The van der Waals surface area contributed by atoms with E-state index in [1.807, 2.05) is 24.3 Å². The first-order valence-corrected chi connectivity index (χ1v) is 8.69. The largest absolute Gasteiger partial charge is 0.481 e. The number of hydrogen-bond acceptors (Lipinski definition) is 2. The zero-order valence-corrected chi connectivity index (χ0v) is 13.4. The minimum absolute atomic E-state index is 0.0971. The molecular weight excluding hydrogens is 290 g/mol. The maximum atomic E-state index is 12.8. The number of carbonyl (C=O) groups is 2. The van der Waals surface area contributed by atoms with Gasteiger partial charge in [0.2, 0.25) is 5.91 Å². The van der Waals surface area contributed by atoms with E-state index in [0.29, 0.717) is 0 Å². The van der Waals surface area contributed by atoms with Crippen molar-refractivity contribution < 1.29 is 14.7 Å². The third-order valence-corrected chi connectivity index (χ3v) is 6.56. The predicted octanol–water partition coefficient (Wildman–Crippen LogP) is 3.32. The van der Waals surface area contributed by atoms with Gasteiger partial charge in [0.25, 0.3) is 0 Å². The van der Waals surface area contributed by atoms with Gasteiger partial charge in [0, 0.05) is 5.69 Å². The number of carboxylic acid groups (broad SMARTS) is 1. The van der Waals surface area contributed by atoms with Crippen molar-refractivity contribution >= 4 is 17.6 Å². The van der Waals surface area contributed by atoms with Crippen LogP contribution in [0.5, 0.6) is 0 Å². The van der Waals surface area contributed by atoms with Crippen LogP contribution in [-0.2, 0) is 16.0 Å². The van der Waals surface area contributed by atoms with Gasteiger partial charge in [-0.2, -0.15) is 0 Å². The van der Waals surface area contributed by atoms with Crippen LogP contribution in [-0.4, -0.2) is 17.0 Å². The highest BCUT2D eigenvalue weighted by atomic mass is 16.4. The van der Waals surface area contributed by atoms with Gasteiger partial charge in [-0.25, -0.2) is 0 Å². The summed E-state index contributed by atoms with van der Waals surface area (Å²) in [6.07, 6.45) is 5.18. The minimum Gasteiger partial charge on any atom is -0.481 e. The molecule has 2 N–H and O–H groups in total. The lowest BCUT2D eigenvalue weighted by Gasteiger charge is -2.26. The number of aliphatic carboxylic acids is 1. The fourth-order valence-electron chi connectivity index (χ4n) is 5.39. The van der Waals surface area contributed by atoms with E-state index < -0.39 is 11.9 Å². The Hall–Kier alpha value is -1.84. The quantitative estimate of drug-likeness (QED) is 0.896. The molecule has 3 aliphatic rings. The van der Waals surface area contributed by atoms with E-state index in [0.717, 1.165) is 37.8 Å². The van der Waals surface area contributed by atoms with Crippen molar-refractivity contribution in [3.8, 4) is 0 Å². The number of amides is 1. The lowest BCUT2D eigenvalue weighted by atomic mass is 9.78. The molecule has 1 aromatic carbocycles. The van der Waals surface area contributed by atoms with Crippen LogP contribution in [0.4, 0.5) is 5.69 Å². The van der Waals surface area contributed by atoms with Gasteiger partial charge in [-0.15, -0.1) is 0 Å². The first-order chi connectivity index (χ1) is 11.1. The molecule has 2 bridgehead atoms. The van der Waals surface area contributed by atoms with Crippen molar-refractivity contribution in [2.75, 3.05) is 5.32 Å². The number of benzene rings is 1. The number of carboxylic acids is 1. The standard InChI is InChI=1S/C19H23NO3/c1-2-11-3-5-12(6-4-11)20-17(21)15-13-7-8-14(16(15)18(22)23)19(13)9-10-19/h3-6,13-16H,2,7-10H2,1H3,(H,20,21)(H,22,23). The summed E-state index contributed by atoms with van der Waals surface area (Å²) in [7, 11) is 0. The molecular formula is C19H23NO3. The second-order valence-corrected chi connectivity index (χ2v) is 7.45. The Kier molecular flexibility index (Phi) is 3.26. The third kappa shape index (κ3) is 2.11. The summed E-state index contributed by atoms with van der Waals surface area (Å²) < 4.78 is 0. The van der Waals surface area contributed by atoms with Crippen molar-refractivity contribution in [2.24, 2.45) is 29.1 Å². The van der Waals surface area contributed by atoms with Crippen LogP contribution < -0.4 is 5.32 Å². The van der Waals surface area contributed by atoms with E-state index in [-0.39, 0.29) is 29.1 Å². The van der Waals surface area contributed by atoms with E-state index in [9.17, 15) is 14.7 Å². The van der Waals surface area contributed by atoms with Crippen LogP contribution in [0.3, 0.4) is 0 Å². The molecule has 0 aliphatic heterocycles. The van der Waals surface area contributed by atoms with Crippen molar-refractivity contribution in [1.82, 2.24) is 0 Å². The summed E-state index contributed by atoms with van der Waals surface area (Å²) in [4.78, 5) is 24.6. The van der Waals surface area contributed by atoms with Crippen LogP contribution in [0, 0.1) is 29.1 Å². The second kappa shape index (κ2) is 5.08. The first kappa shape index (κ1) is 14.7. The monoisotopic (exact) mass is 313 g/mol. The van der Waals surface area contributed by atoms with Crippen LogP contribution >= 0.6 is 0 Å². The number of nitrogens with one attached hydrogen (secondary N) is 1. The molecule has 4 unspecified atom stereocenters. The number of carbonyl (C=O) groups excluding carboxylic acids is 1. The molecule has 122 valence electrons. The lowest BCUT2D eigenvalue weighted by Crippen LogP contribution is -2.37. The summed E-state index contributed by atoms with van der Waals surface area (Å²) >= 11 is 0. The molecule has 3 fully saturated rings. The van der Waals surface area contributed by atoms with Gasteiger partial charge in [0.05, 0.1) is 11.8 Å². The summed E-state index contributed by atoms with van der Waals surface area (Å²) in [5, 5.41) is 12.6. The molecule has 0 aromatic heterocycles. The highest BCUT2D eigenvalue weighted by Crippen LogP contribution is 2.74. The van der Waals surface area contributed by atoms with Crippen molar-refractivity contribution in [3.63, 3.8) is 0 Å². The molecule has 0 heterocycles. The summed E-state index contributed by atoms with van der Waals surface area (Å²) in [5.41, 5.74) is 2.17. The van der Waals surface area contributed by atoms with Crippen LogP contribution in [0.25, 0.3) is 0 Å². The highest BCUT2D eigenvalue weighted by Gasteiger charge is 2.71. The van der Waals surface area contributed by atoms with E-state index in [2.05, 4.69) is 12.2 Å². The van der Waals surface area contributed by atoms with Crippen molar-refractivity contribution in [2.45, 2.75) is 39.0 Å². The number of rotatable bonds is 4. The molecule has 0 radical (unpaired) electrons. The average molecular weight is 313 g/mol. The smallest absolute Gasteiger partial charge is 0.307 e. The Labute approximate surface area is 136 Å². The van der Waals surface area contributed by atoms with Gasteiger partial charge in [-0.1, -0.05) is 19.1 Å². The third-order valence-electron chi connectivity index (χ3n) is 6.56. The Bertz CT molecular complexity index is 647. The van der Waals surface area contributed by atoms with Gasteiger partial charge in [0.1, 0.15) is 0 Å². The van der Waals surface area contributed by atoms with Gasteiger partial charge in [-0.05, 0) is 67.1 Å². The summed E-state index contributed by atoms with van der Waals surface area (Å²) in [5.74, 6) is -1.26. The Morgan fingerprint density at radius 3 is 2.26 bits per heavy atom. The Balaban J connectivity index is 1.56. The second-order valence-electron chi connectivity index (χ2n) is 7.45. The maximum Gasteiger partial charge on any atom is 0.307 e. The Morgan fingerprint density at radius 1 is 1.13 bits per heavy atom. The molecule has 4 nitrogen and oxygen atoms in total. The SMILES string of the molecule is CCc1ccc(NC(=O)C2C(C(=O)O)C3CCC2C32CC2)cc1. The van der Waals surface area contributed by atoms with E-state index in [4.69, 9.17) is 0 Å². The summed E-state index contributed by atoms with van der Waals surface area (Å²) in [6, 6.07) is 7.83. The molecule has 4 atom stereocenters. The fraction of sp³-hybridized carbons (Fsp3) is 0.579. The van der Waals surface area contributed by atoms with Gasteiger partial charge < -0.3 is 10.4 Å². The zero-order chi connectivity index (χ0) is 16.2. The van der Waals surface area contributed by atoms with Crippen LogP contribution in [0.15, 0.2) is 24.3 Å². The molecule has 0 saturated heterocycles. The number of anilines is 1. The van der Waals surface area contributed by atoms with Crippen molar-refractivity contribution in [3.05, 3.63) is 29.8 Å². The first-order valence-electron chi connectivity index (χ1n) is 8.69. The van der Waals surface area contributed by atoms with Crippen molar-refractivity contribution in [1.29, 1.82) is 0 Å². The topological polar surface area (TPSA) is 66.4 Å². The van der Waals surface area contributed by atoms with E-state index in [1.54, 1.807) is 0 Å².